The van der Waals surface area contributed by atoms with Crippen LogP contribution in [0.25, 0.3) is 72.4 Å². The van der Waals surface area contributed by atoms with Crippen LogP contribution in [0, 0.1) is 46.3 Å². The van der Waals surface area contributed by atoms with Crippen LogP contribution in [0.3, 0.4) is 0 Å². The predicted molar refractivity (Wildman–Crippen MR) is 211 cm³/mol. The molecule has 2 aromatic heterocycles. The van der Waals surface area contributed by atoms with E-state index in [0.717, 1.165) is 61.3 Å². The molecule has 5 heteroatoms. The quantitative estimate of drug-likeness (QED) is 0.177. The normalized spacial score (nSPS) is 11.6. The van der Waals surface area contributed by atoms with Crippen molar-refractivity contribution in [2.45, 2.75) is 20.8 Å². The molecular weight excluding hydrogens is 635 g/mol. The largest absolute Gasteiger partial charge is 0.309 e. The zero-order chi connectivity index (χ0) is 36.0. The van der Waals surface area contributed by atoms with Gasteiger partial charge in [0.2, 0.25) is 0 Å². The summed E-state index contributed by atoms with van der Waals surface area (Å²) in [5, 5.41) is 34.4. The van der Waals surface area contributed by atoms with Gasteiger partial charge in [0.1, 0.15) is 6.07 Å². The first-order valence-corrected chi connectivity index (χ1v) is 17.2. The molecule has 0 atom stereocenters. The fourth-order valence-corrected chi connectivity index (χ4v) is 7.42. The molecule has 0 N–H and O–H groups in total. The Kier molecular flexibility index (Phi) is 7.80. The molecule has 0 amide bonds. The van der Waals surface area contributed by atoms with Gasteiger partial charge in [-0.15, -0.1) is 0 Å². The van der Waals surface area contributed by atoms with E-state index >= 15 is 0 Å². The molecule has 246 valence electrons. The van der Waals surface area contributed by atoms with Crippen LogP contribution in [-0.2, 0) is 0 Å². The number of aryl methyl sites for hydroxylation is 1. The fraction of sp³-hybridized carbons (Fsp3) is 0.0851. The van der Waals surface area contributed by atoms with Gasteiger partial charge in [0.25, 0.3) is 0 Å². The highest BCUT2D eigenvalue weighted by Crippen LogP contribution is 2.41. The molecule has 2 heterocycles. The number of fused-ring (bicyclic) bond motifs is 4. The maximum absolute atomic E-state index is 10.9. The van der Waals surface area contributed by atoms with E-state index < -0.39 is 5.41 Å². The van der Waals surface area contributed by atoms with Crippen LogP contribution in [0.5, 0.6) is 0 Å². The van der Waals surface area contributed by atoms with E-state index in [2.05, 4.69) is 113 Å². The van der Waals surface area contributed by atoms with E-state index in [1.807, 2.05) is 80.6 Å². The summed E-state index contributed by atoms with van der Waals surface area (Å²) in [5.74, 6) is 0. The standard InChI is InChI=1S/C47H33N5/c1-31-35-12-4-8-16-42(35)52(41(31)26-27-47(2,3)30-50)45-19-11-5-13-37(45)36-25-22-33(28-48)46(40(36)29-49)32-20-23-34(24-21-32)51-43-17-9-6-14-38(43)39-15-7-10-18-44(39)51/h4-27H,1-3H3/b27-26-. The molecule has 0 radical (unpaired) electrons. The van der Waals surface area contributed by atoms with Crippen molar-refractivity contribution in [1.82, 2.24) is 9.13 Å². The van der Waals surface area contributed by atoms with Crippen molar-refractivity contribution in [1.29, 1.82) is 15.8 Å². The highest BCUT2D eigenvalue weighted by Gasteiger charge is 2.22. The number of hydrogen-bond acceptors (Lipinski definition) is 3. The van der Waals surface area contributed by atoms with Gasteiger partial charge in [-0.05, 0) is 80.4 Å². The van der Waals surface area contributed by atoms with Gasteiger partial charge in [0.15, 0.2) is 0 Å². The SMILES string of the molecule is Cc1c(/C=C\C(C)(C)C#N)n(-c2ccccc2-c2ccc(C#N)c(-c3ccc(-n4c5ccccc5c5ccccc54)cc3)c2C#N)c2ccccc12. The summed E-state index contributed by atoms with van der Waals surface area (Å²) < 4.78 is 4.47. The molecule has 5 nitrogen and oxygen atoms in total. The van der Waals surface area contributed by atoms with Crippen molar-refractivity contribution in [3.8, 4) is 51.8 Å². The van der Waals surface area contributed by atoms with E-state index in [1.165, 1.54) is 10.8 Å². The maximum Gasteiger partial charge on any atom is 0.100 e. The minimum atomic E-state index is -0.652. The number of aromatic nitrogens is 2. The van der Waals surface area contributed by atoms with Crippen molar-refractivity contribution >= 4 is 38.8 Å². The van der Waals surface area contributed by atoms with Crippen LogP contribution in [0.2, 0.25) is 0 Å². The maximum atomic E-state index is 10.9. The zero-order valence-corrected chi connectivity index (χ0v) is 29.1. The van der Waals surface area contributed by atoms with Gasteiger partial charge in [-0.3, -0.25) is 0 Å². The second-order valence-corrected chi connectivity index (χ2v) is 13.6. The van der Waals surface area contributed by atoms with Crippen LogP contribution < -0.4 is 0 Å². The number of nitriles is 3. The molecule has 0 saturated carbocycles. The summed E-state index contributed by atoms with van der Waals surface area (Å²) in [6.07, 6.45) is 3.97. The van der Waals surface area contributed by atoms with Crippen LogP contribution in [0.15, 0.2) is 140 Å². The first-order chi connectivity index (χ1) is 25.3. The van der Waals surface area contributed by atoms with Crippen LogP contribution in [-0.4, -0.2) is 9.13 Å². The Morgan fingerprint density at radius 3 is 1.77 bits per heavy atom. The van der Waals surface area contributed by atoms with Crippen molar-refractivity contribution in [3.05, 3.63) is 162 Å². The number of hydrogen-bond donors (Lipinski definition) is 0. The Labute approximate surface area is 302 Å². The van der Waals surface area contributed by atoms with Gasteiger partial charge in [0, 0.05) is 44.2 Å². The highest BCUT2D eigenvalue weighted by atomic mass is 15.0. The van der Waals surface area contributed by atoms with Crippen molar-refractivity contribution < 1.29 is 0 Å². The summed E-state index contributed by atoms with van der Waals surface area (Å²) in [6, 6.07) is 52.2. The van der Waals surface area contributed by atoms with Crippen LogP contribution in [0.4, 0.5) is 0 Å². The molecule has 0 aliphatic carbocycles. The fourth-order valence-electron chi connectivity index (χ4n) is 7.42. The third kappa shape index (κ3) is 5.14. The Morgan fingerprint density at radius 2 is 1.15 bits per heavy atom. The monoisotopic (exact) mass is 667 g/mol. The number of allylic oxidation sites excluding steroid dienone is 1. The van der Waals surface area contributed by atoms with Crippen LogP contribution >= 0.6 is 0 Å². The zero-order valence-electron chi connectivity index (χ0n) is 29.1. The van der Waals surface area contributed by atoms with Gasteiger partial charge in [-0.25, -0.2) is 0 Å². The number of benzene rings is 6. The third-order valence-electron chi connectivity index (χ3n) is 9.99. The van der Waals surface area contributed by atoms with E-state index in [0.29, 0.717) is 16.7 Å². The average molecular weight is 668 g/mol. The molecule has 0 aliphatic rings. The third-order valence-corrected chi connectivity index (χ3v) is 9.99. The van der Waals surface area contributed by atoms with Crippen LogP contribution in [0.1, 0.15) is 36.2 Å². The summed E-state index contributed by atoms with van der Waals surface area (Å²) >= 11 is 0. The number of nitrogens with zero attached hydrogens (tertiary/aromatic N) is 5. The predicted octanol–water partition coefficient (Wildman–Crippen LogP) is 11.7. The molecule has 0 bridgehead atoms. The van der Waals surface area contributed by atoms with Gasteiger partial charge < -0.3 is 9.13 Å². The Hall–Kier alpha value is -7.13. The summed E-state index contributed by atoms with van der Waals surface area (Å²) in [7, 11) is 0. The molecule has 0 fully saturated rings. The molecule has 8 rings (SSSR count). The van der Waals surface area contributed by atoms with Crippen molar-refractivity contribution in [3.63, 3.8) is 0 Å². The number of rotatable bonds is 6. The van der Waals surface area contributed by atoms with E-state index in [4.69, 9.17) is 0 Å². The Balaban J connectivity index is 1.31. The molecular formula is C47H33N5. The van der Waals surface area contributed by atoms with Gasteiger partial charge in [-0.1, -0.05) is 97.1 Å². The summed E-state index contributed by atoms with van der Waals surface area (Å²) in [4.78, 5) is 0. The topological polar surface area (TPSA) is 81.2 Å². The molecule has 0 unspecified atom stereocenters. The first-order valence-electron chi connectivity index (χ1n) is 17.2. The number of para-hydroxylation sites is 4. The summed E-state index contributed by atoms with van der Waals surface area (Å²) in [5.41, 5.74) is 10.4. The molecule has 8 aromatic rings. The minimum Gasteiger partial charge on any atom is -0.309 e. The van der Waals surface area contributed by atoms with Gasteiger partial charge in [-0.2, -0.15) is 15.8 Å². The summed E-state index contributed by atoms with van der Waals surface area (Å²) in [6.45, 7) is 5.89. The second kappa shape index (κ2) is 12.6. The molecule has 0 saturated heterocycles. The first kappa shape index (κ1) is 32.1. The van der Waals surface area contributed by atoms with Gasteiger partial charge in [0.05, 0.1) is 50.9 Å². The Bertz CT molecular complexity index is 2810. The second-order valence-electron chi connectivity index (χ2n) is 13.6. The Morgan fingerprint density at radius 1 is 0.577 bits per heavy atom. The highest BCUT2D eigenvalue weighted by molar-refractivity contribution is 6.09. The molecule has 0 spiro atoms. The van der Waals surface area contributed by atoms with Crippen molar-refractivity contribution in [2.24, 2.45) is 5.41 Å². The smallest absolute Gasteiger partial charge is 0.100 e. The lowest BCUT2D eigenvalue weighted by Gasteiger charge is -2.18. The lowest BCUT2D eigenvalue weighted by molar-refractivity contribution is 0.647. The minimum absolute atomic E-state index is 0.437. The molecule has 52 heavy (non-hydrogen) atoms. The molecule has 0 aliphatic heterocycles. The average Bonchev–Trinajstić information content (AvgIpc) is 3.68. The van der Waals surface area contributed by atoms with Gasteiger partial charge >= 0.3 is 0 Å². The van der Waals surface area contributed by atoms with E-state index in [1.54, 1.807) is 0 Å². The van der Waals surface area contributed by atoms with E-state index in [-0.39, 0.29) is 0 Å². The molecule has 6 aromatic carbocycles. The lowest BCUT2D eigenvalue weighted by Crippen LogP contribution is -2.04. The van der Waals surface area contributed by atoms with Crippen molar-refractivity contribution in [2.75, 3.05) is 0 Å². The van der Waals surface area contributed by atoms with E-state index in [9.17, 15) is 15.8 Å². The lowest BCUT2D eigenvalue weighted by atomic mass is 9.88.